The van der Waals surface area contributed by atoms with Gasteiger partial charge < -0.3 is 15.3 Å². The third kappa shape index (κ3) is 2.76. The van der Waals surface area contributed by atoms with Crippen LogP contribution in [-0.4, -0.2) is 37.4 Å². The van der Waals surface area contributed by atoms with E-state index in [1.807, 2.05) is 24.3 Å². The maximum Gasteiger partial charge on any atom is 0.101 e. The van der Waals surface area contributed by atoms with Crippen molar-refractivity contribution >= 4 is 5.69 Å². The van der Waals surface area contributed by atoms with Gasteiger partial charge in [-0.15, -0.1) is 0 Å². The second kappa shape index (κ2) is 5.67. The Morgan fingerprint density at radius 2 is 2.29 bits per heavy atom. The molecule has 1 unspecified atom stereocenters. The van der Waals surface area contributed by atoms with Crippen LogP contribution in [-0.2, 0) is 0 Å². The summed E-state index contributed by atoms with van der Waals surface area (Å²) in [5.41, 5.74) is 1.75. The van der Waals surface area contributed by atoms with E-state index < -0.39 is 0 Å². The van der Waals surface area contributed by atoms with Gasteiger partial charge in [-0.2, -0.15) is 5.26 Å². The van der Waals surface area contributed by atoms with Gasteiger partial charge in [0.05, 0.1) is 17.9 Å². The molecule has 4 nitrogen and oxygen atoms in total. The molecule has 4 heteroatoms. The Labute approximate surface area is 101 Å². The number of para-hydroxylation sites is 1. The predicted molar refractivity (Wildman–Crippen MR) is 66.9 cm³/mol. The summed E-state index contributed by atoms with van der Waals surface area (Å²) in [6.45, 7) is 2.67. The maximum absolute atomic E-state index is 9.06. The van der Waals surface area contributed by atoms with Gasteiger partial charge in [0.15, 0.2) is 0 Å². The summed E-state index contributed by atoms with van der Waals surface area (Å²) in [5, 5.41) is 21.1. The van der Waals surface area contributed by atoms with Gasteiger partial charge in [0.25, 0.3) is 0 Å². The van der Waals surface area contributed by atoms with Crippen LogP contribution in [0.3, 0.4) is 0 Å². The first kappa shape index (κ1) is 11.9. The van der Waals surface area contributed by atoms with Crippen LogP contribution >= 0.6 is 0 Å². The number of benzene rings is 1. The van der Waals surface area contributed by atoms with Crippen LogP contribution in [0.4, 0.5) is 5.69 Å². The van der Waals surface area contributed by atoms with Gasteiger partial charge in [-0.1, -0.05) is 12.1 Å². The van der Waals surface area contributed by atoms with E-state index in [9.17, 15) is 0 Å². The molecule has 1 aliphatic heterocycles. The number of rotatable bonds is 4. The number of nitriles is 1. The van der Waals surface area contributed by atoms with Crippen LogP contribution in [0.25, 0.3) is 0 Å². The molecule has 2 N–H and O–H groups in total. The van der Waals surface area contributed by atoms with E-state index in [0.717, 1.165) is 30.8 Å². The molecule has 1 fully saturated rings. The zero-order valence-corrected chi connectivity index (χ0v) is 9.76. The Hall–Kier alpha value is -1.57. The summed E-state index contributed by atoms with van der Waals surface area (Å²) in [6, 6.07) is 10.3. The van der Waals surface area contributed by atoms with E-state index in [2.05, 4.69) is 16.3 Å². The molecule has 0 amide bonds. The van der Waals surface area contributed by atoms with E-state index in [4.69, 9.17) is 10.4 Å². The van der Waals surface area contributed by atoms with Crippen LogP contribution in [0.1, 0.15) is 12.0 Å². The summed E-state index contributed by atoms with van der Waals surface area (Å²) in [6.07, 6.45) is 1.06. The number of hydrogen-bond acceptors (Lipinski definition) is 4. The average molecular weight is 231 g/mol. The molecule has 0 aromatic heterocycles. The van der Waals surface area contributed by atoms with Crippen molar-refractivity contribution in [2.75, 3.05) is 31.1 Å². The molecule has 90 valence electrons. The van der Waals surface area contributed by atoms with Gasteiger partial charge >= 0.3 is 0 Å². The molecule has 1 aromatic rings. The van der Waals surface area contributed by atoms with E-state index in [1.165, 1.54) is 0 Å². The monoisotopic (exact) mass is 231 g/mol. The van der Waals surface area contributed by atoms with Crippen LogP contribution in [0, 0.1) is 11.3 Å². The lowest BCUT2D eigenvalue weighted by atomic mass is 10.2. The maximum atomic E-state index is 9.06. The minimum Gasteiger partial charge on any atom is -0.395 e. The van der Waals surface area contributed by atoms with Crippen LogP contribution in [0.5, 0.6) is 0 Å². The largest absolute Gasteiger partial charge is 0.395 e. The number of aliphatic hydroxyl groups is 1. The third-order valence-corrected chi connectivity index (χ3v) is 3.10. The van der Waals surface area contributed by atoms with Crippen molar-refractivity contribution < 1.29 is 5.11 Å². The third-order valence-electron chi connectivity index (χ3n) is 3.10. The van der Waals surface area contributed by atoms with Crippen molar-refractivity contribution in [2.45, 2.75) is 12.5 Å². The molecular formula is C13H17N3O. The van der Waals surface area contributed by atoms with Gasteiger partial charge in [0, 0.05) is 25.7 Å². The summed E-state index contributed by atoms with van der Waals surface area (Å²) in [4.78, 5) is 2.23. The van der Waals surface area contributed by atoms with Crippen molar-refractivity contribution in [1.29, 1.82) is 5.26 Å². The van der Waals surface area contributed by atoms with E-state index in [0.29, 0.717) is 12.6 Å². The second-order valence-corrected chi connectivity index (χ2v) is 4.24. The van der Waals surface area contributed by atoms with E-state index in [1.54, 1.807) is 0 Å². The summed E-state index contributed by atoms with van der Waals surface area (Å²) in [7, 11) is 0. The Morgan fingerprint density at radius 1 is 1.47 bits per heavy atom. The molecule has 1 aromatic carbocycles. The quantitative estimate of drug-likeness (QED) is 0.801. The number of nitrogens with zero attached hydrogens (tertiary/aromatic N) is 2. The van der Waals surface area contributed by atoms with E-state index >= 15 is 0 Å². The molecule has 0 radical (unpaired) electrons. The smallest absolute Gasteiger partial charge is 0.101 e. The van der Waals surface area contributed by atoms with Crippen LogP contribution in [0.2, 0.25) is 0 Å². The standard InChI is InChI=1S/C13H17N3O/c14-9-11-3-1-2-4-13(11)16-7-5-12(10-16)15-6-8-17/h1-4,12,15,17H,5-8,10H2. The first-order valence-corrected chi connectivity index (χ1v) is 5.93. The summed E-state index contributed by atoms with van der Waals surface area (Å²) >= 11 is 0. The number of aliphatic hydroxyl groups excluding tert-OH is 1. The number of anilines is 1. The minimum atomic E-state index is 0.172. The Bertz CT molecular complexity index is 413. The average Bonchev–Trinajstić information content (AvgIpc) is 2.85. The first-order valence-electron chi connectivity index (χ1n) is 5.93. The molecule has 1 atom stereocenters. The fraction of sp³-hybridized carbons (Fsp3) is 0.462. The molecule has 17 heavy (non-hydrogen) atoms. The molecular weight excluding hydrogens is 214 g/mol. The lowest BCUT2D eigenvalue weighted by Crippen LogP contribution is -2.34. The van der Waals surface area contributed by atoms with Crippen molar-refractivity contribution in [2.24, 2.45) is 0 Å². The lowest BCUT2D eigenvalue weighted by molar-refractivity contribution is 0.286. The fourth-order valence-electron chi connectivity index (χ4n) is 2.26. The zero-order chi connectivity index (χ0) is 12.1. The number of nitrogens with one attached hydrogen (secondary N) is 1. The topological polar surface area (TPSA) is 59.3 Å². The lowest BCUT2D eigenvalue weighted by Gasteiger charge is -2.20. The molecule has 0 aliphatic carbocycles. The van der Waals surface area contributed by atoms with Crippen LogP contribution in [0.15, 0.2) is 24.3 Å². The normalized spacial score (nSPS) is 19.3. The minimum absolute atomic E-state index is 0.172. The van der Waals surface area contributed by atoms with Gasteiger partial charge in [-0.25, -0.2) is 0 Å². The molecule has 0 saturated carbocycles. The molecule has 2 rings (SSSR count). The predicted octanol–water partition coefficient (Wildman–Crippen LogP) is 0.719. The van der Waals surface area contributed by atoms with Crippen molar-refractivity contribution in [1.82, 2.24) is 5.32 Å². The second-order valence-electron chi connectivity index (χ2n) is 4.24. The highest BCUT2D eigenvalue weighted by Gasteiger charge is 2.23. The Balaban J connectivity index is 2.03. The molecule has 1 heterocycles. The van der Waals surface area contributed by atoms with Gasteiger partial charge in [-0.05, 0) is 18.6 Å². The first-order chi connectivity index (χ1) is 8.35. The molecule has 1 saturated heterocycles. The van der Waals surface area contributed by atoms with Crippen molar-refractivity contribution in [3.8, 4) is 6.07 Å². The fourth-order valence-corrected chi connectivity index (χ4v) is 2.26. The highest BCUT2D eigenvalue weighted by molar-refractivity contribution is 5.59. The number of hydrogen-bond donors (Lipinski definition) is 2. The van der Waals surface area contributed by atoms with Crippen molar-refractivity contribution in [3.05, 3.63) is 29.8 Å². The van der Waals surface area contributed by atoms with Crippen molar-refractivity contribution in [3.63, 3.8) is 0 Å². The zero-order valence-electron chi connectivity index (χ0n) is 9.76. The SMILES string of the molecule is N#Cc1ccccc1N1CCC(NCCO)C1. The van der Waals surface area contributed by atoms with Gasteiger partial charge in [0.2, 0.25) is 0 Å². The molecule has 0 bridgehead atoms. The van der Waals surface area contributed by atoms with Gasteiger partial charge in [-0.3, -0.25) is 0 Å². The van der Waals surface area contributed by atoms with E-state index in [-0.39, 0.29) is 6.61 Å². The Kier molecular flexibility index (Phi) is 3.97. The van der Waals surface area contributed by atoms with Gasteiger partial charge in [0.1, 0.15) is 6.07 Å². The highest BCUT2D eigenvalue weighted by atomic mass is 16.3. The highest BCUT2D eigenvalue weighted by Crippen LogP contribution is 2.23. The molecule has 0 spiro atoms. The molecule has 1 aliphatic rings. The summed E-state index contributed by atoms with van der Waals surface area (Å²) < 4.78 is 0. The Morgan fingerprint density at radius 3 is 3.06 bits per heavy atom. The van der Waals surface area contributed by atoms with Crippen LogP contribution < -0.4 is 10.2 Å². The summed E-state index contributed by atoms with van der Waals surface area (Å²) in [5.74, 6) is 0.